The van der Waals surface area contributed by atoms with Gasteiger partial charge in [-0.1, -0.05) is 30.3 Å². The Morgan fingerprint density at radius 2 is 1.78 bits per heavy atom. The maximum Gasteiger partial charge on any atom is 0.131 e. The molecule has 0 aliphatic carbocycles. The van der Waals surface area contributed by atoms with Crippen LogP contribution in [0.4, 0.5) is 0 Å². The maximum atomic E-state index is 11.5. The molecule has 1 unspecified atom stereocenters. The average molecular weight is 246 g/mol. The number of carbonyl (C=O) groups is 1. The monoisotopic (exact) mass is 246 g/mol. The van der Waals surface area contributed by atoms with Crippen LogP contribution in [0, 0.1) is 0 Å². The molecule has 3 heteroatoms. The van der Waals surface area contributed by atoms with Gasteiger partial charge in [-0.15, -0.1) is 0 Å². The van der Waals surface area contributed by atoms with E-state index in [0.29, 0.717) is 0 Å². The van der Waals surface area contributed by atoms with Gasteiger partial charge in [-0.3, -0.25) is 4.90 Å². The predicted molar refractivity (Wildman–Crippen MR) is 73.8 cm³/mol. The summed E-state index contributed by atoms with van der Waals surface area (Å²) in [5, 5.41) is 0. The molecular formula is C15H22N2O. The van der Waals surface area contributed by atoms with Crippen LogP contribution in [0.1, 0.15) is 12.5 Å². The Hall–Kier alpha value is -1.19. The molecule has 1 aromatic carbocycles. The van der Waals surface area contributed by atoms with Gasteiger partial charge in [0.2, 0.25) is 0 Å². The summed E-state index contributed by atoms with van der Waals surface area (Å²) in [7, 11) is 2.15. The minimum atomic E-state index is -0.392. The smallest absolute Gasteiger partial charge is 0.131 e. The van der Waals surface area contributed by atoms with Gasteiger partial charge in [0, 0.05) is 32.7 Å². The molecule has 1 fully saturated rings. The molecule has 0 spiro atoms. The molecule has 0 N–H and O–H groups in total. The SMILES string of the molecule is CN1CCN(CC(C)(C=O)c2ccccc2)CC1. The lowest BCUT2D eigenvalue weighted by Crippen LogP contribution is -2.49. The highest BCUT2D eigenvalue weighted by molar-refractivity contribution is 5.68. The molecule has 1 aliphatic rings. The highest BCUT2D eigenvalue weighted by Gasteiger charge is 2.29. The van der Waals surface area contributed by atoms with Gasteiger partial charge >= 0.3 is 0 Å². The van der Waals surface area contributed by atoms with Gasteiger partial charge in [0.15, 0.2) is 0 Å². The fourth-order valence-electron chi connectivity index (χ4n) is 2.49. The summed E-state index contributed by atoms with van der Waals surface area (Å²) in [5.74, 6) is 0. The van der Waals surface area contributed by atoms with Gasteiger partial charge in [0.25, 0.3) is 0 Å². The quantitative estimate of drug-likeness (QED) is 0.750. The van der Waals surface area contributed by atoms with Crippen molar-refractivity contribution in [2.75, 3.05) is 39.8 Å². The van der Waals surface area contributed by atoms with Gasteiger partial charge in [0.1, 0.15) is 6.29 Å². The minimum Gasteiger partial charge on any atom is -0.304 e. The van der Waals surface area contributed by atoms with E-state index in [2.05, 4.69) is 16.8 Å². The molecule has 3 nitrogen and oxygen atoms in total. The van der Waals surface area contributed by atoms with E-state index >= 15 is 0 Å². The summed E-state index contributed by atoms with van der Waals surface area (Å²) < 4.78 is 0. The Morgan fingerprint density at radius 1 is 1.17 bits per heavy atom. The van der Waals surface area contributed by atoms with E-state index in [-0.39, 0.29) is 0 Å². The topological polar surface area (TPSA) is 23.6 Å². The van der Waals surface area contributed by atoms with Crippen LogP contribution in [0.3, 0.4) is 0 Å². The molecule has 1 heterocycles. The summed E-state index contributed by atoms with van der Waals surface area (Å²) in [6.45, 7) is 7.12. The normalized spacial score (nSPS) is 21.4. The first-order valence-electron chi connectivity index (χ1n) is 6.57. The van der Waals surface area contributed by atoms with Crippen molar-refractivity contribution >= 4 is 6.29 Å². The molecule has 0 radical (unpaired) electrons. The molecule has 0 bridgehead atoms. The molecule has 0 amide bonds. The Morgan fingerprint density at radius 3 is 2.33 bits per heavy atom. The lowest BCUT2D eigenvalue weighted by molar-refractivity contribution is -0.113. The molecule has 1 saturated heterocycles. The van der Waals surface area contributed by atoms with Crippen LogP contribution in [0.25, 0.3) is 0 Å². The summed E-state index contributed by atoms with van der Waals surface area (Å²) in [6, 6.07) is 10.1. The van der Waals surface area contributed by atoms with Crippen molar-refractivity contribution in [3.05, 3.63) is 35.9 Å². The number of piperazine rings is 1. The number of hydrogen-bond acceptors (Lipinski definition) is 3. The fourth-order valence-corrected chi connectivity index (χ4v) is 2.49. The van der Waals surface area contributed by atoms with Crippen molar-refractivity contribution in [3.8, 4) is 0 Å². The standard InChI is InChI=1S/C15H22N2O/c1-15(13-18,14-6-4-3-5-7-14)12-17-10-8-16(2)9-11-17/h3-7,13H,8-12H2,1-2H3. The van der Waals surface area contributed by atoms with E-state index in [9.17, 15) is 4.79 Å². The fraction of sp³-hybridized carbons (Fsp3) is 0.533. The van der Waals surface area contributed by atoms with Crippen LogP contribution in [-0.4, -0.2) is 55.9 Å². The third-order valence-corrected chi connectivity index (χ3v) is 3.84. The van der Waals surface area contributed by atoms with Crippen molar-refractivity contribution in [2.45, 2.75) is 12.3 Å². The van der Waals surface area contributed by atoms with Crippen molar-refractivity contribution in [1.82, 2.24) is 9.80 Å². The summed E-state index contributed by atoms with van der Waals surface area (Å²) in [5.41, 5.74) is 0.718. The van der Waals surface area contributed by atoms with E-state index in [1.165, 1.54) is 0 Å². The second-order valence-corrected chi connectivity index (χ2v) is 5.48. The van der Waals surface area contributed by atoms with Crippen molar-refractivity contribution in [3.63, 3.8) is 0 Å². The zero-order valence-corrected chi connectivity index (χ0v) is 11.3. The van der Waals surface area contributed by atoms with Crippen LogP contribution in [0.2, 0.25) is 0 Å². The molecule has 0 saturated carbocycles. The Bertz CT molecular complexity index is 385. The van der Waals surface area contributed by atoms with E-state index in [0.717, 1.165) is 44.6 Å². The molecule has 2 rings (SSSR count). The van der Waals surface area contributed by atoms with Crippen LogP contribution >= 0.6 is 0 Å². The highest BCUT2D eigenvalue weighted by Crippen LogP contribution is 2.23. The third kappa shape index (κ3) is 2.98. The number of rotatable bonds is 4. The van der Waals surface area contributed by atoms with Gasteiger partial charge < -0.3 is 9.69 Å². The number of nitrogens with zero attached hydrogens (tertiary/aromatic N) is 2. The van der Waals surface area contributed by atoms with E-state index in [1.807, 2.05) is 37.3 Å². The first kappa shape index (κ1) is 13.2. The number of likely N-dealkylation sites (N-methyl/N-ethyl adjacent to an activating group) is 1. The highest BCUT2D eigenvalue weighted by atomic mass is 16.1. The molecular weight excluding hydrogens is 224 g/mol. The van der Waals surface area contributed by atoms with Gasteiger partial charge in [-0.25, -0.2) is 0 Å². The molecule has 1 aliphatic heterocycles. The Labute approximate surface area is 109 Å². The van der Waals surface area contributed by atoms with Gasteiger partial charge in [-0.05, 0) is 19.5 Å². The third-order valence-electron chi connectivity index (χ3n) is 3.84. The molecule has 0 aromatic heterocycles. The lowest BCUT2D eigenvalue weighted by atomic mass is 9.83. The van der Waals surface area contributed by atoms with Crippen molar-refractivity contribution < 1.29 is 4.79 Å². The number of carbonyl (C=O) groups excluding carboxylic acids is 1. The second kappa shape index (κ2) is 5.63. The van der Waals surface area contributed by atoms with Gasteiger partial charge in [0.05, 0.1) is 5.41 Å². The maximum absolute atomic E-state index is 11.5. The second-order valence-electron chi connectivity index (χ2n) is 5.48. The first-order chi connectivity index (χ1) is 8.64. The molecule has 1 aromatic rings. The molecule has 1 atom stereocenters. The number of aldehydes is 1. The summed E-state index contributed by atoms with van der Waals surface area (Å²) >= 11 is 0. The summed E-state index contributed by atoms with van der Waals surface area (Å²) in [4.78, 5) is 16.2. The van der Waals surface area contributed by atoms with Crippen molar-refractivity contribution in [2.24, 2.45) is 0 Å². The Kier molecular flexibility index (Phi) is 4.15. The zero-order valence-electron chi connectivity index (χ0n) is 11.3. The van der Waals surface area contributed by atoms with Crippen LogP contribution in [0.15, 0.2) is 30.3 Å². The van der Waals surface area contributed by atoms with E-state index in [4.69, 9.17) is 0 Å². The van der Waals surface area contributed by atoms with E-state index in [1.54, 1.807) is 0 Å². The summed E-state index contributed by atoms with van der Waals surface area (Å²) in [6.07, 6.45) is 1.10. The Balaban J connectivity index is 2.07. The number of benzene rings is 1. The lowest BCUT2D eigenvalue weighted by Gasteiger charge is -2.37. The first-order valence-corrected chi connectivity index (χ1v) is 6.57. The molecule has 18 heavy (non-hydrogen) atoms. The van der Waals surface area contributed by atoms with E-state index < -0.39 is 5.41 Å². The average Bonchev–Trinajstić information content (AvgIpc) is 2.42. The minimum absolute atomic E-state index is 0.392. The number of hydrogen-bond donors (Lipinski definition) is 0. The zero-order chi connectivity index (χ0) is 13.0. The van der Waals surface area contributed by atoms with Crippen LogP contribution in [0.5, 0.6) is 0 Å². The molecule has 98 valence electrons. The predicted octanol–water partition coefficient (Wildman–Crippen LogP) is 1.39. The van der Waals surface area contributed by atoms with Crippen LogP contribution in [-0.2, 0) is 10.2 Å². The van der Waals surface area contributed by atoms with Crippen LogP contribution < -0.4 is 0 Å². The largest absolute Gasteiger partial charge is 0.304 e. The van der Waals surface area contributed by atoms with Crippen molar-refractivity contribution in [1.29, 1.82) is 0 Å². The van der Waals surface area contributed by atoms with Gasteiger partial charge in [-0.2, -0.15) is 0 Å².